The van der Waals surface area contributed by atoms with E-state index in [1.54, 1.807) is 6.26 Å². The van der Waals surface area contributed by atoms with E-state index in [1.165, 1.54) is 0 Å². The number of ether oxygens (including phenoxy) is 1. The molecule has 3 heterocycles. The Kier molecular flexibility index (Phi) is 4.24. The molecule has 1 amide bonds. The molecule has 1 saturated heterocycles. The van der Waals surface area contributed by atoms with Gasteiger partial charge >= 0.3 is 0 Å². The van der Waals surface area contributed by atoms with Gasteiger partial charge in [0, 0.05) is 18.5 Å². The average molecular weight is 350 g/mol. The van der Waals surface area contributed by atoms with Crippen molar-refractivity contribution in [3.05, 3.63) is 53.8 Å². The molecule has 5 heteroatoms. The minimum atomic E-state index is 0.0119. The van der Waals surface area contributed by atoms with Crippen molar-refractivity contribution in [3.8, 4) is 11.5 Å². The summed E-state index contributed by atoms with van der Waals surface area (Å²) >= 11 is 0. The van der Waals surface area contributed by atoms with Gasteiger partial charge in [0.2, 0.25) is 0 Å². The van der Waals surface area contributed by atoms with Crippen molar-refractivity contribution >= 4 is 16.8 Å². The molecule has 2 atom stereocenters. The highest BCUT2D eigenvalue weighted by atomic mass is 16.5. The molecule has 0 N–H and O–H groups in total. The highest BCUT2D eigenvalue weighted by molar-refractivity contribution is 6.07. The quantitative estimate of drug-likeness (QED) is 0.699. The summed E-state index contributed by atoms with van der Waals surface area (Å²) in [6.07, 6.45) is 1.67. The number of carbonyl (C=O) groups excluding carboxylic acids is 1. The average Bonchev–Trinajstić information content (AvgIpc) is 3.14. The van der Waals surface area contributed by atoms with E-state index in [1.807, 2.05) is 62.1 Å². The summed E-state index contributed by atoms with van der Waals surface area (Å²) in [6, 6.07) is 11.5. The monoisotopic (exact) mass is 350 g/mol. The molecule has 1 fully saturated rings. The lowest BCUT2D eigenvalue weighted by atomic mass is 10.0. The number of furan rings is 1. The predicted octanol–water partition coefficient (Wildman–Crippen LogP) is 4.05. The third-order valence-corrected chi connectivity index (χ3v) is 4.68. The molecule has 1 aliphatic rings. The van der Waals surface area contributed by atoms with E-state index in [9.17, 15) is 4.79 Å². The van der Waals surface area contributed by atoms with Gasteiger partial charge in [-0.3, -0.25) is 4.79 Å². The van der Waals surface area contributed by atoms with Crippen molar-refractivity contribution in [1.29, 1.82) is 0 Å². The highest BCUT2D eigenvalue weighted by Crippen LogP contribution is 2.27. The molecular formula is C21H22N2O3. The maximum atomic E-state index is 13.3. The number of fused-ring (bicyclic) bond motifs is 1. The van der Waals surface area contributed by atoms with E-state index in [-0.39, 0.29) is 18.1 Å². The molecule has 26 heavy (non-hydrogen) atoms. The zero-order chi connectivity index (χ0) is 18.3. The molecule has 3 aromatic rings. The first-order valence-corrected chi connectivity index (χ1v) is 8.91. The Morgan fingerprint density at radius 1 is 1.15 bits per heavy atom. The molecule has 0 bridgehead atoms. The molecule has 4 rings (SSSR count). The number of aryl methyl sites for hydroxylation is 1. The van der Waals surface area contributed by atoms with Gasteiger partial charge in [-0.05, 0) is 51.1 Å². The van der Waals surface area contributed by atoms with Crippen LogP contribution in [0.1, 0.15) is 29.8 Å². The molecular weight excluding hydrogens is 328 g/mol. The first kappa shape index (κ1) is 16.8. The second kappa shape index (κ2) is 6.57. The molecule has 5 nitrogen and oxygen atoms in total. The number of pyridine rings is 1. The lowest BCUT2D eigenvalue weighted by Crippen LogP contribution is -2.48. The molecule has 0 spiro atoms. The van der Waals surface area contributed by atoms with Crippen molar-refractivity contribution in [2.24, 2.45) is 0 Å². The third-order valence-electron chi connectivity index (χ3n) is 4.68. The maximum Gasteiger partial charge on any atom is 0.254 e. The molecule has 2 unspecified atom stereocenters. The number of amides is 1. The fourth-order valence-electron chi connectivity index (χ4n) is 3.58. The van der Waals surface area contributed by atoms with Crippen molar-refractivity contribution in [1.82, 2.24) is 9.88 Å². The molecule has 0 saturated carbocycles. The number of benzene rings is 1. The van der Waals surface area contributed by atoms with Crippen LogP contribution in [0.25, 0.3) is 22.4 Å². The van der Waals surface area contributed by atoms with Crippen LogP contribution in [0.5, 0.6) is 0 Å². The summed E-state index contributed by atoms with van der Waals surface area (Å²) in [5.41, 5.74) is 3.22. The van der Waals surface area contributed by atoms with Gasteiger partial charge in [0.05, 0.1) is 29.6 Å². The number of nitrogens with zero attached hydrogens (tertiary/aromatic N) is 2. The van der Waals surface area contributed by atoms with E-state index in [2.05, 4.69) is 4.98 Å². The number of hydrogen-bond donors (Lipinski definition) is 0. The Hall–Kier alpha value is -2.66. The molecule has 0 aliphatic carbocycles. The normalized spacial score (nSPS) is 20.5. The van der Waals surface area contributed by atoms with Gasteiger partial charge in [0.1, 0.15) is 5.69 Å². The van der Waals surface area contributed by atoms with Gasteiger partial charge in [-0.15, -0.1) is 0 Å². The van der Waals surface area contributed by atoms with E-state index in [4.69, 9.17) is 9.15 Å². The van der Waals surface area contributed by atoms with Crippen LogP contribution in [0.3, 0.4) is 0 Å². The smallest absolute Gasteiger partial charge is 0.254 e. The first-order valence-electron chi connectivity index (χ1n) is 8.91. The van der Waals surface area contributed by atoms with Crippen molar-refractivity contribution in [3.63, 3.8) is 0 Å². The Balaban J connectivity index is 1.84. The van der Waals surface area contributed by atoms with Gasteiger partial charge in [-0.25, -0.2) is 4.98 Å². The first-order chi connectivity index (χ1) is 12.5. The van der Waals surface area contributed by atoms with Crippen LogP contribution in [0.15, 0.2) is 47.1 Å². The molecule has 2 aromatic heterocycles. The molecule has 134 valence electrons. The number of aromatic nitrogens is 1. The molecule has 1 aromatic carbocycles. The van der Waals surface area contributed by atoms with Crippen LogP contribution in [-0.2, 0) is 4.74 Å². The van der Waals surface area contributed by atoms with Crippen LogP contribution in [0, 0.1) is 6.92 Å². The van der Waals surface area contributed by atoms with Crippen molar-refractivity contribution in [2.45, 2.75) is 33.0 Å². The Morgan fingerprint density at radius 2 is 1.92 bits per heavy atom. The Labute approximate surface area is 152 Å². The fraction of sp³-hybridized carbons (Fsp3) is 0.333. The Bertz CT molecular complexity index is 939. The van der Waals surface area contributed by atoms with Crippen LogP contribution < -0.4 is 0 Å². The maximum absolute atomic E-state index is 13.3. The summed E-state index contributed by atoms with van der Waals surface area (Å²) in [5, 5.41) is 0.872. The number of carbonyl (C=O) groups is 1. The third kappa shape index (κ3) is 3.10. The van der Waals surface area contributed by atoms with Crippen LogP contribution in [0.4, 0.5) is 0 Å². The van der Waals surface area contributed by atoms with Crippen LogP contribution in [-0.4, -0.2) is 41.1 Å². The fourth-order valence-corrected chi connectivity index (χ4v) is 3.58. The second-order valence-corrected chi connectivity index (χ2v) is 7.02. The summed E-state index contributed by atoms with van der Waals surface area (Å²) in [7, 11) is 0. The summed E-state index contributed by atoms with van der Waals surface area (Å²) in [4.78, 5) is 19.9. The van der Waals surface area contributed by atoms with Gasteiger partial charge in [0.15, 0.2) is 5.76 Å². The SMILES string of the molecule is Cc1ccc2nc(-c3ccco3)cc(C(=O)N3CC(C)OC(C)C3)c2c1. The summed E-state index contributed by atoms with van der Waals surface area (Å²) in [6.45, 7) is 7.20. The van der Waals surface area contributed by atoms with Crippen LogP contribution in [0.2, 0.25) is 0 Å². The minimum Gasteiger partial charge on any atom is -0.463 e. The van der Waals surface area contributed by atoms with E-state index in [0.717, 1.165) is 16.5 Å². The lowest BCUT2D eigenvalue weighted by molar-refractivity contribution is -0.0585. The topological polar surface area (TPSA) is 55.6 Å². The number of rotatable bonds is 2. The van der Waals surface area contributed by atoms with Crippen LogP contribution >= 0.6 is 0 Å². The Morgan fingerprint density at radius 3 is 2.62 bits per heavy atom. The second-order valence-electron chi connectivity index (χ2n) is 7.02. The predicted molar refractivity (Wildman–Crippen MR) is 100 cm³/mol. The van der Waals surface area contributed by atoms with Gasteiger partial charge in [-0.1, -0.05) is 11.6 Å². The van der Waals surface area contributed by atoms with Gasteiger partial charge in [0.25, 0.3) is 5.91 Å². The zero-order valence-corrected chi connectivity index (χ0v) is 15.2. The highest BCUT2D eigenvalue weighted by Gasteiger charge is 2.28. The lowest BCUT2D eigenvalue weighted by Gasteiger charge is -2.35. The van der Waals surface area contributed by atoms with E-state index in [0.29, 0.717) is 30.1 Å². The summed E-state index contributed by atoms with van der Waals surface area (Å²) < 4.78 is 11.3. The van der Waals surface area contributed by atoms with Crippen molar-refractivity contribution in [2.75, 3.05) is 13.1 Å². The standard InChI is InChI=1S/C21H22N2O3/c1-13-6-7-18-16(9-13)17(10-19(22-18)20-5-4-8-25-20)21(24)23-11-14(2)26-15(3)12-23/h4-10,14-15H,11-12H2,1-3H3. The van der Waals surface area contributed by atoms with Gasteiger partial charge < -0.3 is 14.1 Å². The number of morpholine rings is 1. The minimum absolute atomic E-state index is 0.0119. The van der Waals surface area contributed by atoms with E-state index < -0.39 is 0 Å². The summed E-state index contributed by atoms with van der Waals surface area (Å²) in [5.74, 6) is 0.669. The number of hydrogen-bond acceptors (Lipinski definition) is 4. The van der Waals surface area contributed by atoms with Crippen molar-refractivity contribution < 1.29 is 13.9 Å². The zero-order valence-electron chi connectivity index (χ0n) is 15.2. The molecule has 1 aliphatic heterocycles. The van der Waals surface area contributed by atoms with Gasteiger partial charge in [-0.2, -0.15) is 0 Å². The largest absolute Gasteiger partial charge is 0.463 e. The molecule has 0 radical (unpaired) electrons. The van der Waals surface area contributed by atoms with E-state index >= 15 is 0 Å².